The molecule has 180 valence electrons. The minimum Gasteiger partial charge on any atom is -0.353 e. The zero-order valence-electron chi connectivity index (χ0n) is 19.6. The van der Waals surface area contributed by atoms with Crippen LogP contribution in [0.1, 0.15) is 24.3 Å². The number of piperazine rings is 1. The van der Waals surface area contributed by atoms with Crippen molar-refractivity contribution in [3.8, 4) is 22.4 Å². The summed E-state index contributed by atoms with van der Waals surface area (Å²) in [6.07, 6.45) is 2.16. The van der Waals surface area contributed by atoms with Gasteiger partial charge >= 0.3 is 0 Å². The fourth-order valence-electron chi connectivity index (χ4n) is 3.66. The van der Waals surface area contributed by atoms with Gasteiger partial charge in [0.2, 0.25) is 5.91 Å². The Hall–Kier alpha value is -3.98. The highest BCUT2D eigenvalue weighted by Gasteiger charge is 2.34. The van der Waals surface area contributed by atoms with Gasteiger partial charge in [0, 0.05) is 24.2 Å². The molecule has 0 spiro atoms. The van der Waals surface area contributed by atoms with Gasteiger partial charge in [0.1, 0.15) is 17.3 Å². The van der Waals surface area contributed by atoms with Crippen LogP contribution in [0.25, 0.3) is 28.0 Å². The Morgan fingerprint density at radius 3 is 2.14 bits per heavy atom. The Labute approximate surface area is 201 Å². The van der Waals surface area contributed by atoms with Crippen LogP contribution in [-0.4, -0.2) is 57.4 Å². The first kappa shape index (κ1) is 24.2. The first-order valence-corrected chi connectivity index (χ1v) is 11.1. The standard InChI is InChI=1S/C19H11F2N3O.C7H14N2O/c20-14-5-1-12(2-6-14)17-9-18(13-3-7-15(21)8-4-13)23-24-10-16(11-25)22-19(17)24;1-7(2)6(10)8-4-5-9(7)3/h1-11H;4-5H2,1-3H3,(H,8,10). The summed E-state index contributed by atoms with van der Waals surface area (Å²) >= 11 is 0. The third-order valence-electron chi connectivity index (χ3n) is 6.10. The largest absolute Gasteiger partial charge is 0.353 e. The Morgan fingerprint density at radius 2 is 1.60 bits per heavy atom. The summed E-state index contributed by atoms with van der Waals surface area (Å²) in [6, 6.07) is 13.7. The SMILES string of the molecule is CN1CCNC(=O)C1(C)C.O=Cc1cn2nc(-c3ccc(F)cc3)cc(-c3ccc(F)cc3)c2n1. The fraction of sp³-hybridized carbons (Fsp3) is 0.231. The molecule has 4 aromatic rings. The lowest BCUT2D eigenvalue weighted by Crippen LogP contribution is -2.60. The van der Waals surface area contributed by atoms with Crippen LogP contribution in [-0.2, 0) is 4.79 Å². The van der Waals surface area contributed by atoms with Crippen molar-refractivity contribution in [3.63, 3.8) is 0 Å². The van der Waals surface area contributed by atoms with E-state index in [1.165, 1.54) is 35.0 Å². The van der Waals surface area contributed by atoms with Crippen molar-refractivity contribution in [1.82, 2.24) is 24.8 Å². The molecule has 2 aromatic carbocycles. The van der Waals surface area contributed by atoms with Crippen molar-refractivity contribution in [2.45, 2.75) is 19.4 Å². The minimum atomic E-state index is -0.343. The van der Waals surface area contributed by atoms with Crippen molar-refractivity contribution >= 4 is 17.8 Å². The molecular formula is C26H25F2N5O2. The second-order valence-electron chi connectivity index (χ2n) is 8.75. The van der Waals surface area contributed by atoms with Crippen LogP contribution in [0.4, 0.5) is 8.78 Å². The van der Waals surface area contributed by atoms with E-state index in [9.17, 15) is 18.4 Å². The number of rotatable bonds is 3. The predicted octanol–water partition coefficient (Wildman–Crippen LogP) is 3.98. The number of imidazole rings is 1. The zero-order chi connectivity index (χ0) is 25.2. The Kier molecular flexibility index (Phi) is 6.70. The molecule has 2 aromatic heterocycles. The maximum absolute atomic E-state index is 13.2. The number of nitrogens with zero attached hydrogens (tertiary/aromatic N) is 4. The maximum Gasteiger partial charge on any atom is 0.239 e. The van der Waals surface area contributed by atoms with E-state index in [4.69, 9.17) is 0 Å². The molecule has 0 unspecified atom stereocenters. The second-order valence-corrected chi connectivity index (χ2v) is 8.75. The number of carbonyl (C=O) groups is 2. The summed E-state index contributed by atoms with van der Waals surface area (Å²) < 4.78 is 27.9. The monoisotopic (exact) mass is 477 g/mol. The smallest absolute Gasteiger partial charge is 0.239 e. The van der Waals surface area contributed by atoms with E-state index in [2.05, 4.69) is 20.3 Å². The van der Waals surface area contributed by atoms with Crippen LogP contribution in [0.5, 0.6) is 0 Å². The Balaban J connectivity index is 0.000000243. The number of nitrogens with one attached hydrogen (secondary N) is 1. The third kappa shape index (κ3) is 5.09. The fourth-order valence-corrected chi connectivity index (χ4v) is 3.66. The molecule has 1 aliphatic rings. The third-order valence-corrected chi connectivity index (χ3v) is 6.10. The molecule has 0 saturated carbocycles. The van der Waals surface area contributed by atoms with Gasteiger partial charge in [-0.2, -0.15) is 5.10 Å². The molecule has 0 radical (unpaired) electrons. The quantitative estimate of drug-likeness (QED) is 0.452. The topological polar surface area (TPSA) is 79.6 Å². The number of aldehydes is 1. The average molecular weight is 478 g/mol. The average Bonchev–Trinajstić information content (AvgIpc) is 3.27. The van der Waals surface area contributed by atoms with Crippen LogP contribution in [0.15, 0.2) is 60.8 Å². The van der Waals surface area contributed by atoms with Gasteiger partial charge < -0.3 is 5.32 Å². The van der Waals surface area contributed by atoms with Gasteiger partial charge in [0.25, 0.3) is 0 Å². The first-order valence-electron chi connectivity index (χ1n) is 11.1. The van der Waals surface area contributed by atoms with E-state index in [0.29, 0.717) is 28.8 Å². The lowest BCUT2D eigenvalue weighted by molar-refractivity contribution is -0.133. The number of fused-ring (bicyclic) bond motifs is 1. The highest BCUT2D eigenvalue weighted by Crippen LogP contribution is 2.28. The minimum absolute atomic E-state index is 0.126. The maximum atomic E-state index is 13.2. The highest BCUT2D eigenvalue weighted by molar-refractivity contribution is 5.86. The molecule has 35 heavy (non-hydrogen) atoms. The molecule has 7 nitrogen and oxygen atoms in total. The van der Waals surface area contributed by atoms with Gasteiger partial charge in [-0.15, -0.1) is 0 Å². The van der Waals surface area contributed by atoms with Crippen molar-refractivity contribution in [3.05, 3.63) is 78.1 Å². The van der Waals surface area contributed by atoms with E-state index < -0.39 is 0 Å². The van der Waals surface area contributed by atoms with Gasteiger partial charge in [-0.1, -0.05) is 12.1 Å². The van der Waals surface area contributed by atoms with E-state index in [-0.39, 0.29) is 28.8 Å². The Bertz CT molecular complexity index is 1370. The highest BCUT2D eigenvalue weighted by atomic mass is 19.1. The number of amides is 1. The first-order chi connectivity index (χ1) is 16.7. The summed E-state index contributed by atoms with van der Waals surface area (Å²) in [5.41, 5.74) is 3.14. The number of halogens is 2. The summed E-state index contributed by atoms with van der Waals surface area (Å²) in [5.74, 6) is -0.555. The van der Waals surface area contributed by atoms with Crippen molar-refractivity contribution in [1.29, 1.82) is 0 Å². The number of likely N-dealkylation sites (N-methyl/N-ethyl adjacent to an activating group) is 1. The van der Waals surface area contributed by atoms with Gasteiger partial charge in [0.05, 0.1) is 17.4 Å². The van der Waals surface area contributed by atoms with E-state index >= 15 is 0 Å². The van der Waals surface area contributed by atoms with Crippen LogP contribution >= 0.6 is 0 Å². The number of hydrogen-bond donors (Lipinski definition) is 1. The van der Waals surface area contributed by atoms with Crippen molar-refractivity contribution in [2.24, 2.45) is 0 Å². The molecule has 1 saturated heterocycles. The molecule has 5 rings (SSSR count). The molecule has 1 amide bonds. The molecule has 9 heteroatoms. The Morgan fingerprint density at radius 1 is 1.00 bits per heavy atom. The second kappa shape index (κ2) is 9.71. The van der Waals surface area contributed by atoms with E-state index in [0.717, 1.165) is 18.7 Å². The van der Waals surface area contributed by atoms with Crippen molar-refractivity contribution in [2.75, 3.05) is 20.1 Å². The molecule has 0 atom stereocenters. The van der Waals surface area contributed by atoms with E-state index in [1.54, 1.807) is 30.3 Å². The summed E-state index contributed by atoms with van der Waals surface area (Å²) in [5, 5.41) is 7.27. The molecular weight excluding hydrogens is 452 g/mol. The normalized spacial score (nSPS) is 15.3. The van der Waals surface area contributed by atoms with Gasteiger partial charge in [-0.05, 0) is 68.9 Å². The van der Waals surface area contributed by atoms with E-state index in [1.807, 2.05) is 20.9 Å². The van der Waals surface area contributed by atoms with Crippen LogP contribution in [0.3, 0.4) is 0 Å². The zero-order valence-corrected chi connectivity index (χ0v) is 19.6. The molecule has 1 aliphatic heterocycles. The molecule has 1 fully saturated rings. The molecule has 0 bridgehead atoms. The van der Waals surface area contributed by atoms with Crippen molar-refractivity contribution < 1.29 is 18.4 Å². The number of benzene rings is 2. The lowest BCUT2D eigenvalue weighted by Gasteiger charge is -2.38. The summed E-state index contributed by atoms with van der Waals surface area (Å²) in [7, 11) is 1.97. The van der Waals surface area contributed by atoms with Crippen LogP contribution in [0, 0.1) is 11.6 Å². The molecule has 3 heterocycles. The summed E-state index contributed by atoms with van der Waals surface area (Å²) in [6.45, 7) is 5.58. The van der Waals surface area contributed by atoms with Gasteiger partial charge in [-0.3, -0.25) is 14.5 Å². The number of carbonyl (C=O) groups excluding carboxylic acids is 2. The predicted molar refractivity (Wildman–Crippen MR) is 129 cm³/mol. The van der Waals surface area contributed by atoms with Crippen LogP contribution in [0.2, 0.25) is 0 Å². The molecule has 1 N–H and O–H groups in total. The van der Waals surface area contributed by atoms with Gasteiger partial charge in [0.15, 0.2) is 11.9 Å². The van der Waals surface area contributed by atoms with Crippen LogP contribution < -0.4 is 5.32 Å². The molecule has 0 aliphatic carbocycles. The lowest BCUT2D eigenvalue weighted by atomic mass is 10.0. The summed E-state index contributed by atoms with van der Waals surface area (Å²) in [4.78, 5) is 28.6. The number of hydrogen-bond acceptors (Lipinski definition) is 5. The van der Waals surface area contributed by atoms with Gasteiger partial charge in [-0.25, -0.2) is 18.3 Å². The number of aromatic nitrogens is 3.